The van der Waals surface area contributed by atoms with E-state index in [0.29, 0.717) is 54.5 Å². The van der Waals surface area contributed by atoms with Gasteiger partial charge in [0.2, 0.25) is 17.7 Å². The molecular weight excluding hydrogens is 486 g/mol. The quantitative estimate of drug-likeness (QED) is 0.470. The normalized spacial score (nSPS) is 21.7. The van der Waals surface area contributed by atoms with Gasteiger partial charge in [-0.25, -0.2) is 0 Å². The van der Waals surface area contributed by atoms with Gasteiger partial charge in [-0.05, 0) is 44.2 Å². The summed E-state index contributed by atoms with van der Waals surface area (Å²) in [6.45, 7) is 9.65. The number of likely N-dealkylation sites (tertiary alicyclic amines) is 1. The van der Waals surface area contributed by atoms with Gasteiger partial charge in [-0.3, -0.25) is 24.1 Å². The fourth-order valence-electron chi connectivity index (χ4n) is 5.47. The van der Waals surface area contributed by atoms with E-state index in [-0.39, 0.29) is 30.2 Å². The minimum Gasteiger partial charge on any atom is -0.492 e. The predicted octanol–water partition coefficient (Wildman–Crippen LogP) is 4.49. The molecule has 2 aliphatic rings. The van der Waals surface area contributed by atoms with Gasteiger partial charge in [0.15, 0.2) is 0 Å². The van der Waals surface area contributed by atoms with Gasteiger partial charge in [0.25, 0.3) is 5.91 Å². The molecule has 2 unspecified atom stereocenters. The SMILES string of the molecule is CCOc1cc(NC(=O)c2ccccc2)c(OCC)cc1NC(=O)CN1C(=O)C2CCC(C)(C1=O)C2(C)C. The van der Waals surface area contributed by atoms with Crippen LogP contribution in [-0.4, -0.2) is 48.3 Å². The number of rotatable bonds is 9. The van der Waals surface area contributed by atoms with Gasteiger partial charge in [0.05, 0.1) is 30.0 Å². The first kappa shape index (κ1) is 27.2. The molecule has 2 fully saturated rings. The van der Waals surface area contributed by atoms with Gasteiger partial charge >= 0.3 is 0 Å². The third-order valence-corrected chi connectivity index (χ3v) is 8.05. The fraction of sp³-hybridized carbons (Fsp3) is 0.448. The molecule has 1 aliphatic carbocycles. The second-order valence-electron chi connectivity index (χ2n) is 10.5. The average Bonchev–Trinajstić information content (AvgIpc) is 3.08. The minimum absolute atomic E-state index is 0.297. The molecule has 2 aromatic rings. The Bertz CT molecular complexity index is 1260. The zero-order valence-corrected chi connectivity index (χ0v) is 22.6. The van der Waals surface area contributed by atoms with Crippen LogP contribution in [0.1, 0.15) is 57.8 Å². The van der Waals surface area contributed by atoms with E-state index in [1.165, 1.54) is 0 Å². The lowest BCUT2D eigenvalue weighted by atomic mass is 9.62. The Morgan fingerprint density at radius 1 is 0.947 bits per heavy atom. The van der Waals surface area contributed by atoms with Crippen molar-refractivity contribution in [2.45, 2.75) is 47.5 Å². The van der Waals surface area contributed by atoms with Crippen LogP contribution >= 0.6 is 0 Å². The summed E-state index contributed by atoms with van der Waals surface area (Å²) in [6, 6.07) is 11.9. The maximum absolute atomic E-state index is 13.3. The molecule has 0 radical (unpaired) electrons. The van der Waals surface area contributed by atoms with Crippen molar-refractivity contribution in [3.8, 4) is 11.5 Å². The molecule has 1 aliphatic heterocycles. The minimum atomic E-state index is -0.691. The van der Waals surface area contributed by atoms with Crippen molar-refractivity contribution in [2.24, 2.45) is 16.7 Å². The van der Waals surface area contributed by atoms with Crippen molar-refractivity contribution in [3.63, 3.8) is 0 Å². The van der Waals surface area contributed by atoms with Crippen LogP contribution in [0, 0.1) is 16.7 Å². The van der Waals surface area contributed by atoms with Crippen LogP contribution in [0.25, 0.3) is 0 Å². The number of carbonyl (C=O) groups excluding carboxylic acids is 4. The fourth-order valence-corrected chi connectivity index (χ4v) is 5.47. The van der Waals surface area contributed by atoms with Gasteiger partial charge < -0.3 is 20.1 Å². The van der Waals surface area contributed by atoms with E-state index >= 15 is 0 Å². The van der Waals surface area contributed by atoms with Crippen LogP contribution in [0.15, 0.2) is 42.5 Å². The number of hydrogen-bond donors (Lipinski definition) is 2. The summed E-state index contributed by atoms with van der Waals surface area (Å²) < 4.78 is 11.5. The lowest BCUT2D eigenvalue weighted by molar-refractivity contribution is -0.168. The third kappa shape index (κ3) is 4.73. The Morgan fingerprint density at radius 2 is 1.53 bits per heavy atom. The predicted molar refractivity (Wildman–Crippen MR) is 143 cm³/mol. The van der Waals surface area contributed by atoms with E-state index in [4.69, 9.17) is 9.47 Å². The van der Waals surface area contributed by atoms with Crippen LogP contribution in [0.2, 0.25) is 0 Å². The van der Waals surface area contributed by atoms with E-state index in [9.17, 15) is 19.2 Å². The van der Waals surface area contributed by atoms with Crippen LogP contribution < -0.4 is 20.1 Å². The summed E-state index contributed by atoms with van der Waals surface area (Å²) in [5.41, 5.74) is 0.0258. The molecule has 2 N–H and O–H groups in total. The van der Waals surface area contributed by atoms with Crippen molar-refractivity contribution in [2.75, 3.05) is 30.4 Å². The first-order chi connectivity index (χ1) is 18.0. The molecule has 1 saturated carbocycles. The maximum atomic E-state index is 13.3. The molecule has 1 heterocycles. The Labute approximate surface area is 222 Å². The molecule has 9 heteroatoms. The summed E-state index contributed by atoms with van der Waals surface area (Å²) >= 11 is 0. The number of ether oxygens (including phenoxy) is 2. The monoisotopic (exact) mass is 521 g/mol. The summed E-state index contributed by atoms with van der Waals surface area (Å²) in [6.07, 6.45) is 1.25. The first-order valence-electron chi connectivity index (χ1n) is 13.0. The van der Waals surface area contributed by atoms with E-state index in [1.54, 1.807) is 43.3 Å². The molecule has 9 nitrogen and oxygen atoms in total. The highest BCUT2D eigenvalue weighted by Crippen LogP contribution is 2.60. The maximum Gasteiger partial charge on any atom is 0.255 e. The lowest BCUT2D eigenvalue weighted by Gasteiger charge is -2.47. The number of nitrogens with one attached hydrogen (secondary N) is 2. The molecule has 1 saturated heterocycles. The highest BCUT2D eigenvalue weighted by molar-refractivity contribution is 6.08. The molecule has 38 heavy (non-hydrogen) atoms. The van der Waals surface area contributed by atoms with Gasteiger partial charge in [0, 0.05) is 23.6 Å². The van der Waals surface area contributed by atoms with Crippen LogP contribution in [0.4, 0.5) is 11.4 Å². The van der Waals surface area contributed by atoms with Crippen molar-refractivity contribution in [1.29, 1.82) is 0 Å². The summed E-state index contributed by atoms with van der Waals surface area (Å²) in [5, 5.41) is 5.62. The number of benzene rings is 2. The number of nitrogens with zero attached hydrogens (tertiary/aromatic N) is 1. The number of imide groups is 1. The molecular formula is C29H35N3O6. The number of hydrogen-bond acceptors (Lipinski definition) is 6. The Kier molecular flexibility index (Phi) is 7.49. The summed E-state index contributed by atoms with van der Waals surface area (Å²) in [4.78, 5) is 53.5. The number of amides is 4. The van der Waals surface area contributed by atoms with E-state index in [0.717, 1.165) is 4.90 Å². The summed E-state index contributed by atoms with van der Waals surface area (Å²) in [5.74, 6) is -1.10. The molecule has 202 valence electrons. The third-order valence-electron chi connectivity index (χ3n) is 8.05. The second-order valence-corrected chi connectivity index (χ2v) is 10.5. The van der Waals surface area contributed by atoms with Crippen LogP contribution in [0.3, 0.4) is 0 Å². The van der Waals surface area contributed by atoms with Crippen LogP contribution in [0.5, 0.6) is 11.5 Å². The molecule has 4 rings (SSSR count). The highest BCUT2D eigenvalue weighted by Gasteiger charge is 2.64. The highest BCUT2D eigenvalue weighted by atomic mass is 16.5. The lowest BCUT2D eigenvalue weighted by Crippen LogP contribution is -2.60. The van der Waals surface area contributed by atoms with E-state index in [2.05, 4.69) is 10.6 Å². The molecule has 2 bridgehead atoms. The number of fused-ring (bicyclic) bond motifs is 2. The zero-order chi connectivity index (χ0) is 27.7. The van der Waals surface area contributed by atoms with Gasteiger partial charge in [-0.2, -0.15) is 0 Å². The van der Waals surface area contributed by atoms with Gasteiger partial charge in [-0.15, -0.1) is 0 Å². The van der Waals surface area contributed by atoms with Crippen molar-refractivity contribution in [1.82, 2.24) is 4.90 Å². The second kappa shape index (κ2) is 10.5. The standard InChI is InChI=1S/C29H35N3O6/c1-6-37-22-16-21(31-25(34)18-11-9-8-10-12-18)23(38-7-2)15-20(22)30-24(33)17-32-26(35)19-13-14-29(5,27(32)36)28(19,3)4/h8-12,15-16,19H,6-7,13-14,17H2,1-5H3,(H,30,33)(H,31,34). The zero-order valence-electron chi connectivity index (χ0n) is 22.6. The van der Waals surface area contributed by atoms with E-state index in [1.807, 2.05) is 33.8 Å². The number of carbonyl (C=O) groups is 4. The first-order valence-corrected chi connectivity index (χ1v) is 13.0. The average molecular weight is 522 g/mol. The topological polar surface area (TPSA) is 114 Å². The molecule has 0 spiro atoms. The van der Waals surface area contributed by atoms with Gasteiger partial charge in [0.1, 0.15) is 18.0 Å². The number of anilines is 2. The number of piperidine rings is 1. The molecule has 4 amide bonds. The smallest absolute Gasteiger partial charge is 0.255 e. The largest absolute Gasteiger partial charge is 0.492 e. The van der Waals surface area contributed by atoms with E-state index < -0.39 is 16.7 Å². The van der Waals surface area contributed by atoms with Crippen molar-refractivity contribution >= 4 is 35.0 Å². The Morgan fingerprint density at radius 3 is 2.11 bits per heavy atom. The summed E-state index contributed by atoms with van der Waals surface area (Å²) in [7, 11) is 0. The molecule has 2 atom stereocenters. The van der Waals surface area contributed by atoms with Gasteiger partial charge in [-0.1, -0.05) is 39.0 Å². The Balaban J connectivity index is 1.57. The van der Waals surface area contributed by atoms with Crippen LogP contribution in [-0.2, 0) is 14.4 Å². The Hall–Kier alpha value is -3.88. The molecule has 0 aromatic heterocycles. The van der Waals surface area contributed by atoms with Crippen molar-refractivity contribution < 1.29 is 28.7 Å². The molecule has 2 aromatic carbocycles. The van der Waals surface area contributed by atoms with Crippen molar-refractivity contribution in [3.05, 3.63) is 48.0 Å².